The van der Waals surface area contributed by atoms with Gasteiger partial charge >= 0.3 is 0 Å². The van der Waals surface area contributed by atoms with Crippen molar-refractivity contribution in [3.63, 3.8) is 0 Å². The standard InChI is InChI=1S/C8H17NO/c1-4-7(3)6-9-8(10)5-2/h7H,4-6H2,1-3H3,(H,9,10)/t7-/m0/s1. The Kier molecular flexibility index (Phi) is 4.99. The summed E-state index contributed by atoms with van der Waals surface area (Å²) >= 11 is 0. The van der Waals surface area contributed by atoms with Crippen LogP contribution in [0.4, 0.5) is 0 Å². The van der Waals surface area contributed by atoms with Crippen LogP contribution in [0.3, 0.4) is 0 Å². The molecule has 2 heteroatoms. The normalized spacial score (nSPS) is 12.7. The molecule has 0 bridgehead atoms. The van der Waals surface area contributed by atoms with Gasteiger partial charge in [0.15, 0.2) is 0 Å². The molecule has 0 spiro atoms. The maximum Gasteiger partial charge on any atom is 0.219 e. The summed E-state index contributed by atoms with van der Waals surface area (Å²) in [6.45, 7) is 6.95. The summed E-state index contributed by atoms with van der Waals surface area (Å²) in [6, 6.07) is 0. The number of hydrogen-bond donors (Lipinski definition) is 1. The molecule has 0 radical (unpaired) electrons. The lowest BCUT2D eigenvalue weighted by Gasteiger charge is -2.08. The van der Waals surface area contributed by atoms with Gasteiger partial charge in [-0.3, -0.25) is 4.79 Å². The van der Waals surface area contributed by atoms with Crippen LogP contribution < -0.4 is 5.32 Å². The smallest absolute Gasteiger partial charge is 0.219 e. The number of carbonyl (C=O) groups is 1. The highest BCUT2D eigenvalue weighted by Crippen LogP contribution is 1.96. The highest BCUT2D eigenvalue weighted by atomic mass is 16.1. The highest BCUT2D eigenvalue weighted by Gasteiger charge is 1.99. The second kappa shape index (κ2) is 5.27. The average molecular weight is 143 g/mol. The minimum absolute atomic E-state index is 0.153. The molecule has 0 heterocycles. The van der Waals surface area contributed by atoms with E-state index >= 15 is 0 Å². The summed E-state index contributed by atoms with van der Waals surface area (Å²) in [6.07, 6.45) is 1.72. The molecule has 10 heavy (non-hydrogen) atoms. The zero-order valence-electron chi connectivity index (χ0n) is 7.11. The van der Waals surface area contributed by atoms with Gasteiger partial charge in [0.25, 0.3) is 0 Å². The first kappa shape index (κ1) is 9.47. The van der Waals surface area contributed by atoms with Gasteiger partial charge in [0, 0.05) is 13.0 Å². The van der Waals surface area contributed by atoms with Crippen molar-refractivity contribution in [2.75, 3.05) is 6.54 Å². The van der Waals surface area contributed by atoms with Crippen molar-refractivity contribution >= 4 is 5.91 Å². The van der Waals surface area contributed by atoms with Gasteiger partial charge in [-0.1, -0.05) is 27.2 Å². The molecule has 60 valence electrons. The number of nitrogens with one attached hydrogen (secondary N) is 1. The molecule has 0 saturated heterocycles. The fourth-order valence-corrected chi connectivity index (χ4v) is 0.557. The van der Waals surface area contributed by atoms with E-state index in [9.17, 15) is 4.79 Å². The van der Waals surface area contributed by atoms with E-state index in [1.807, 2.05) is 6.92 Å². The topological polar surface area (TPSA) is 29.1 Å². The van der Waals surface area contributed by atoms with Crippen molar-refractivity contribution in [2.45, 2.75) is 33.6 Å². The summed E-state index contributed by atoms with van der Waals surface area (Å²) in [5, 5.41) is 2.84. The second-order valence-corrected chi connectivity index (χ2v) is 2.67. The van der Waals surface area contributed by atoms with Crippen LogP contribution in [0, 0.1) is 5.92 Å². The Morgan fingerprint density at radius 1 is 1.50 bits per heavy atom. The van der Waals surface area contributed by atoms with Crippen LogP contribution >= 0.6 is 0 Å². The fourth-order valence-electron chi connectivity index (χ4n) is 0.557. The van der Waals surface area contributed by atoms with Gasteiger partial charge in [0.1, 0.15) is 0 Å². The molecule has 0 aliphatic rings. The Bertz CT molecular complexity index is 101. The van der Waals surface area contributed by atoms with Crippen molar-refractivity contribution < 1.29 is 4.79 Å². The molecule has 1 amide bonds. The number of hydrogen-bond acceptors (Lipinski definition) is 1. The molecular formula is C8H17NO. The van der Waals surface area contributed by atoms with E-state index in [1.54, 1.807) is 0 Å². The van der Waals surface area contributed by atoms with Gasteiger partial charge in [-0.2, -0.15) is 0 Å². The molecule has 0 aromatic rings. The number of carbonyl (C=O) groups excluding carboxylic acids is 1. The lowest BCUT2D eigenvalue weighted by molar-refractivity contribution is -0.120. The van der Waals surface area contributed by atoms with E-state index in [0.717, 1.165) is 13.0 Å². The van der Waals surface area contributed by atoms with Gasteiger partial charge in [-0.05, 0) is 5.92 Å². The monoisotopic (exact) mass is 143 g/mol. The van der Waals surface area contributed by atoms with Crippen LogP contribution in [0.5, 0.6) is 0 Å². The molecule has 0 unspecified atom stereocenters. The average Bonchev–Trinajstić information content (AvgIpc) is 1.99. The predicted molar refractivity (Wildman–Crippen MR) is 42.8 cm³/mol. The van der Waals surface area contributed by atoms with E-state index in [0.29, 0.717) is 12.3 Å². The van der Waals surface area contributed by atoms with Gasteiger partial charge in [0.2, 0.25) is 5.91 Å². The van der Waals surface area contributed by atoms with Crippen molar-refractivity contribution in [2.24, 2.45) is 5.92 Å². The Morgan fingerprint density at radius 3 is 2.50 bits per heavy atom. The van der Waals surface area contributed by atoms with E-state index in [4.69, 9.17) is 0 Å². The van der Waals surface area contributed by atoms with Crippen LogP contribution in [0.25, 0.3) is 0 Å². The zero-order chi connectivity index (χ0) is 7.98. The Hall–Kier alpha value is -0.530. The van der Waals surface area contributed by atoms with Crippen LogP contribution in [0.15, 0.2) is 0 Å². The summed E-state index contributed by atoms with van der Waals surface area (Å²) in [5.41, 5.74) is 0. The molecular weight excluding hydrogens is 126 g/mol. The Labute approximate surface area is 63.0 Å². The quantitative estimate of drug-likeness (QED) is 0.635. The van der Waals surface area contributed by atoms with Crippen molar-refractivity contribution in [3.05, 3.63) is 0 Å². The molecule has 1 N–H and O–H groups in total. The Morgan fingerprint density at radius 2 is 2.10 bits per heavy atom. The molecule has 0 rings (SSSR count). The van der Waals surface area contributed by atoms with Gasteiger partial charge in [0.05, 0.1) is 0 Å². The zero-order valence-corrected chi connectivity index (χ0v) is 7.11. The summed E-state index contributed by atoms with van der Waals surface area (Å²) in [5.74, 6) is 0.760. The van der Waals surface area contributed by atoms with Gasteiger partial charge in [-0.15, -0.1) is 0 Å². The van der Waals surface area contributed by atoms with Crippen molar-refractivity contribution in [3.8, 4) is 0 Å². The maximum absolute atomic E-state index is 10.7. The van der Waals surface area contributed by atoms with E-state index in [2.05, 4.69) is 19.2 Å². The SMILES string of the molecule is CCC(=O)NC[C@@H](C)CC. The lowest BCUT2D eigenvalue weighted by atomic mass is 10.1. The molecule has 0 fully saturated rings. The molecule has 0 saturated carbocycles. The largest absolute Gasteiger partial charge is 0.356 e. The Balaban J connectivity index is 3.26. The van der Waals surface area contributed by atoms with E-state index in [1.165, 1.54) is 0 Å². The van der Waals surface area contributed by atoms with Gasteiger partial charge < -0.3 is 5.32 Å². The number of amides is 1. The molecule has 0 aliphatic carbocycles. The molecule has 0 aromatic heterocycles. The van der Waals surface area contributed by atoms with Crippen molar-refractivity contribution in [1.82, 2.24) is 5.32 Å². The third-order valence-corrected chi connectivity index (χ3v) is 1.67. The highest BCUT2D eigenvalue weighted by molar-refractivity contribution is 5.75. The third kappa shape index (κ3) is 4.36. The maximum atomic E-state index is 10.7. The first-order valence-electron chi connectivity index (χ1n) is 3.97. The lowest BCUT2D eigenvalue weighted by Crippen LogP contribution is -2.27. The third-order valence-electron chi connectivity index (χ3n) is 1.67. The van der Waals surface area contributed by atoms with E-state index in [-0.39, 0.29) is 5.91 Å². The minimum Gasteiger partial charge on any atom is -0.356 e. The fraction of sp³-hybridized carbons (Fsp3) is 0.875. The molecule has 0 aliphatic heterocycles. The molecule has 2 nitrogen and oxygen atoms in total. The molecule has 1 atom stereocenters. The second-order valence-electron chi connectivity index (χ2n) is 2.67. The van der Waals surface area contributed by atoms with Crippen molar-refractivity contribution in [1.29, 1.82) is 0 Å². The molecule has 0 aromatic carbocycles. The summed E-state index contributed by atoms with van der Waals surface area (Å²) < 4.78 is 0. The number of rotatable bonds is 4. The summed E-state index contributed by atoms with van der Waals surface area (Å²) in [7, 11) is 0. The van der Waals surface area contributed by atoms with Crippen LogP contribution in [0.1, 0.15) is 33.6 Å². The first-order valence-corrected chi connectivity index (χ1v) is 3.97. The summed E-state index contributed by atoms with van der Waals surface area (Å²) in [4.78, 5) is 10.7. The van der Waals surface area contributed by atoms with Crippen LogP contribution in [-0.4, -0.2) is 12.5 Å². The first-order chi connectivity index (χ1) is 4.70. The van der Waals surface area contributed by atoms with Crippen LogP contribution in [-0.2, 0) is 4.79 Å². The van der Waals surface area contributed by atoms with E-state index < -0.39 is 0 Å². The predicted octanol–water partition coefficient (Wildman–Crippen LogP) is 1.56. The minimum atomic E-state index is 0.153. The van der Waals surface area contributed by atoms with Crippen LogP contribution in [0.2, 0.25) is 0 Å². The van der Waals surface area contributed by atoms with Gasteiger partial charge in [-0.25, -0.2) is 0 Å².